The maximum Gasteiger partial charge on any atom is 0.263 e. The number of nitrogens with zero attached hydrogens (tertiary/aromatic N) is 4. The van der Waals surface area contributed by atoms with Crippen LogP contribution in [0.1, 0.15) is 36.5 Å². The van der Waals surface area contributed by atoms with Crippen molar-refractivity contribution in [3.63, 3.8) is 0 Å². The predicted octanol–water partition coefficient (Wildman–Crippen LogP) is 2.37. The van der Waals surface area contributed by atoms with Crippen molar-refractivity contribution < 1.29 is 17.9 Å². The van der Waals surface area contributed by atoms with Crippen molar-refractivity contribution >= 4 is 33.2 Å². The first kappa shape index (κ1) is 24.0. The number of halogens is 1. The molecule has 11 heteroatoms. The van der Waals surface area contributed by atoms with Gasteiger partial charge in [0.05, 0.1) is 11.7 Å². The van der Waals surface area contributed by atoms with Crippen LogP contribution >= 0.6 is 11.6 Å². The highest BCUT2D eigenvalue weighted by Gasteiger charge is 2.35. The first-order valence-corrected chi connectivity index (χ1v) is 13.2. The average Bonchev–Trinajstić information content (AvgIpc) is 3.49. The number of carbonyl (C=O) groups is 1. The van der Waals surface area contributed by atoms with Crippen molar-refractivity contribution in [3.8, 4) is 0 Å². The van der Waals surface area contributed by atoms with Gasteiger partial charge < -0.3 is 15.0 Å². The van der Waals surface area contributed by atoms with Gasteiger partial charge in [0.2, 0.25) is 5.03 Å². The van der Waals surface area contributed by atoms with Crippen LogP contribution in [0.4, 0.5) is 5.69 Å². The number of hydrogen-bond acceptors (Lipinski definition) is 6. The number of anilines is 1. The van der Waals surface area contributed by atoms with Gasteiger partial charge in [-0.25, -0.2) is 8.42 Å². The Labute approximate surface area is 199 Å². The molecule has 0 spiro atoms. The first-order chi connectivity index (χ1) is 15.9. The lowest BCUT2D eigenvalue weighted by molar-refractivity contribution is 0.0855. The van der Waals surface area contributed by atoms with Crippen LogP contribution in [0.3, 0.4) is 0 Å². The molecule has 2 aromatic rings. The van der Waals surface area contributed by atoms with Gasteiger partial charge in [-0.2, -0.15) is 9.40 Å². The van der Waals surface area contributed by atoms with Gasteiger partial charge >= 0.3 is 0 Å². The molecule has 2 aliphatic rings. The molecule has 1 amide bonds. The Morgan fingerprint density at radius 2 is 1.94 bits per heavy atom. The minimum Gasteiger partial charge on any atom is -0.376 e. The maximum absolute atomic E-state index is 13.5. The van der Waals surface area contributed by atoms with E-state index in [1.807, 2.05) is 31.2 Å². The molecule has 0 bridgehead atoms. The summed E-state index contributed by atoms with van der Waals surface area (Å²) in [6, 6.07) is 7.49. The topological polar surface area (TPSA) is 96.8 Å². The van der Waals surface area contributed by atoms with E-state index in [0.29, 0.717) is 50.9 Å². The SMILES string of the molecule is CCCn1cc(C(=O)NCC2CCCO2)c(S(=O)(=O)N2CCN(c3ccc(Cl)cc3)CC2)n1. The summed E-state index contributed by atoms with van der Waals surface area (Å²) in [6.45, 7) is 5.25. The molecule has 1 aromatic carbocycles. The number of carbonyl (C=O) groups excluding carboxylic acids is 1. The predicted molar refractivity (Wildman–Crippen MR) is 126 cm³/mol. The van der Waals surface area contributed by atoms with Gasteiger partial charge in [-0.15, -0.1) is 0 Å². The lowest BCUT2D eigenvalue weighted by atomic mass is 10.2. The second kappa shape index (κ2) is 10.4. The monoisotopic (exact) mass is 495 g/mol. The van der Waals surface area contributed by atoms with Crippen LogP contribution in [-0.4, -0.2) is 73.8 Å². The van der Waals surface area contributed by atoms with E-state index < -0.39 is 15.9 Å². The molecule has 0 radical (unpaired) electrons. The highest BCUT2D eigenvalue weighted by Crippen LogP contribution is 2.24. The number of amides is 1. The standard InChI is InChI=1S/C22H30ClN5O4S/c1-2-9-27-16-20(21(29)24-15-19-4-3-14-32-19)22(25-27)33(30,31)28-12-10-26(11-13-28)18-7-5-17(23)6-8-18/h5-8,16,19H,2-4,9-15H2,1H3,(H,24,29). The largest absolute Gasteiger partial charge is 0.376 e. The average molecular weight is 496 g/mol. The van der Waals surface area contributed by atoms with Gasteiger partial charge in [-0.3, -0.25) is 9.48 Å². The number of nitrogens with one attached hydrogen (secondary N) is 1. The molecular weight excluding hydrogens is 466 g/mol. The Kier molecular flexibility index (Phi) is 7.58. The molecule has 2 saturated heterocycles. The molecule has 1 atom stereocenters. The fourth-order valence-corrected chi connectivity index (χ4v) is 5.81. The van der Waals surface area contributed by atoms with E-state index in [4.69, 9.17) is 16.3 Å². The summed E-state index contributed by atoms with van der Waals surface area (Å²) in [6.07, 6.45) is 4.14. The van der Waals surface area contributed by atoms with E-state index >= 15 is 0 Å². The molecular formula is C22H30ClN5O4S. The number of aryl methyl sites for hydroxylation is 1. The van der Waals surface area contributed by atoms with Gasteiger partial charge in [0.1, 0.15) is 0 Å². The van der Waals surface area contributed by atoms with Gasteiger partial charge in [-0.1, -0.05) is 18.5 Å². The summed E-state index contributed by atoms with van der Waals surface area (Å²) >= 11 is 5.97. The van der Waals surface area contributed by atoms with Crippen LogP contribution in [0.5, 0.6) is 0 Å². The Morgan fingerprint density at radius 3 is 2.58 bits per heavy atom. The van der Waals surface area contributed by atoms with Crippen molar-refractivity contribution in [2.75, 3.05) is 44.2 Å². The Morgan fingerprint density at radius 1 is 1.21 bits per heavy atom. The smallest absolute Gasteiger partial charge is 0.263 e. The number of sulfonamides is 1. The van der Waals surface area contributed by atoms with Crippen LogP contribution in [-0.2, 0) is 21.3 Å². The summed E-state index contributed by atoms with van der Waals surface area (Å²) < 4.78 is 35.5. The normalized spacial score (nSPS) is 19.7. The molecule has 180 valence electrons. The molecule has 3 heterocycles. The van der Waals surface area contributed by atoms with E-state index in [0.717, 1.165) is 24.9 Å². The molecule has 1 N–H and O–H groups in total. The van der Waals surface area contributed by atoms with Crippen molar-refractivity contribution in [1.29, 1.82) is 0 Å². The third kappa shape index (κ3) is 5.51. The number of piperazine rings is 1. The molecule has 9 nitrogen and oxygen atoms in total. The lowest BCUT2D eigenvalue weighted by Gasteiger charge is -2.35. The van der Waals surface area contributed by atoms with E-state index in [-0.39, 0.29) is 16.7 Å². The number of hydrogen-bond donors (Lipinski definition) is 1. The zero-order chi connectivity index (χ0) is 23.4. The summed E-state index contributed by atoms with van der Waals surface area (Å²) in [5, 5.41) is 7.61. The van der Waals surface area contributed by atoms with Crippen LogP contribution in [0.15, 0.2) is 35.5 Å². The summed E-state index contributed by atoms with van der Waals surface area (Å²) in [4.78, 5) is 15.0. The highest BCUT2D eigenvalue weighted by atomic mass is 35.5. The van der Waals surface area contributed by atoms with Crippen LogP contribution in [0.25, 0.3) is 0 Å². The van der Waals surface area contributed by atoms with Crippen LogP contribution in [0, 0.1) is 0 Å². The van der Waals surface area contributed by atoms with Crippen molar-refractivity contribution in [2.24, 2.45) is 0 Å². The summed E-state index contributed by atoms with van der Waals surface area (Å²) in [5.41, 5.74) is 1.08. The second-order valence-electron chi connectivity index (χ2n) is 8.32. The molecule has 33 heavy (non-hydrogen) atoms. The van der Waals surface area contributed by atoms with Crippen LogP contribution in [0.2, 0.25) is 5.02 Å². The maximum atomic E-state index is 13.5. The van der Waals surface area contributed by atoms with Crippen molar-refractivity contribution in [3.05, 3.63) is 41.0 Å². The van der Waals surface area contributed by atoms with E-state index in [9.17, 15) is 13.2 Å². The fourth-order valence-electron chi connectivity index (χ4n) is 4.16. The molecule has 1 aromatic heterocycles. The summed E-state index contributed by atoms with van der Waals surface area (Å²) in [7, 11) is -3.92. The number of rotatable bonds is 8. The Hall–Kier alpha value is -2.14. The van der Waals surface area contributed by atoms with Gasteiger partial charge in [0.15, 0.2) is 0 Å². The van der Waals surface area contributed by atoms with Gasteiger partial charge in [0.25, 0.3) is 15.9 Å². The third-order valence-corrected chi connectivity index (χ3v) is 8.04. The molecule has 0 aliphatic carbocycles. The minimum absolute atomic E-state index is 0.0272. The van der Waals surface area contributed by atoms with Crippen LogP contribution < -0.4 is 10.2 Å². The fraction of sp³-hybridized carbons (Fsp3) is 0.545. The number of benzene rings is 1. The molecule has 2 aliphatic heterocycles. The zero-order valence-electron chi connectivity index (χ0n) is 18.7. The van der Waals surface area contributed by atoms with E-state index in [1.165, 1.54) is 15.2 Å². The van der Waals surface area contributed by atoms with E-state index in [2.05, 4.69) is 15.3 Å². The Bertz CT molecular complexity index is 1060. The van der Waals surface area contributed by atoms with Gasteiger partial charge in [0, 0.05) is 62.8 Å². The molecule has 2 fully saturated rings. The molecule has 4 rings (SSSR count). The van der Waals surface area contributed by atoms with Crippen molar-refractivity contribution in [1.82, 2.24) is 19.4 Å². The molecule has 1 unspecified atom stereocenters. The highest BCUT2D eigenvalue weighted by molar-refractivity contribution is 7.89. The number of ether oxygens (including phenoxy) is 1. The Balaban J connectivity index is 1.49. The number of aromatic nitrogens is 2. The lowest BCUT2D eigenvalue weighted by Crippen LogP contribution is -2.49. The summed E-state index contributed by atoms with van der Waals surface area (Å²) in [5.74, 6) is -0.439. The zero-order valence-corrected chi connectivity index (χ0v) is 20.3. The quantitative estimate of drug-likeness (QED) is 0.604. The second-order valence-corrected chi connectivity index (χ2v) is 10.6. The van der Waals surface area contributed by atoms with Crippen molar-refractivity contribution in [2.45, 2.75) is 43.9 Å². The molecule has 0 saturated carbocycles. The van der Waals surface area contributed by atoms with Gasteiger partial charge in [-0.05, 0) is 43.5 Å². The third-order valence-electron chi connectivity index (χ3n) is 5.95. The van der Waals surface area contributed by atoms with E-state index in [1.54, 1.807) is 0 Å². The minimum atomic E-state index is -3.92. The first-order valence-electron chi connectivity index (χ1n) is 11.4.